The Morgan fingerprint density at radius 1 is 1.41 bits per heavy atom. The molecule has 1 aliphatic rings. The van der Waals surface area contributed by atoms with E-state index in [0.717, 1.165) is 29.7 Å². The van der Waals surface area contributed by atoms with Crippen molar-refractivity contribution in [2.45, 2.75) is 38.7 Å². The zero-order valence-corrected chi connectivity index (χ0v) is 14.2. The van der Waals surface area contributed by atoms with E-state index in [9.17, 15) is 13.5 Å². The zero-order valence-electron chi connectivity index (χ0n) is 13.4. The topological polar surface area (TPSA) is 75.6 Å². The number of benzene rings is 1. The lowest BCUT2D eigenvalue weighted by Crippen LogP contribution is -2.44. The minimum absolute atomic E-state index is 0.0153. The second-order valence-electron chi connectivity index (χ2n) is 6.40. The lowest BCUT2D eigenvalue weighted by molar-refractivity contribution is 0.0242. The number of fused-ring (bicyclic) bond motifs is 1. The third-order valence-corrected chi connectivity index (χ3v) is 5.68. The van der Waals surface area contributed by atoms with Gasteiger partial charge in [0.2, 0.25) is 10.0 Å². The highest BCUT2D eigenvalue weighted by Gasteiger charge is 2.35. The lowest BCUT2D eigenvalue weighted by Gasteiger charge is -2.35. The van der Waals surface area contributed by atoms with Gasteiger partial charge in [-0.15, -0.1) is 0 Å². The quantitative estimate of drug-likeness (QED) is 0.835. The zero-order chi connectivity index (χ0) is 16.4. The maximum atomic E-state index is 12.0. The highest BCUT2D eigenvalue weighted by Crippen LogP contribution is 2.36. The van der Waals surface area contributed by atoms with E-state index in [-0.39, 0.29) is 18.2 Å². The fourth-order valence-corrected chi connectivity index (χ4v) is 4.43. The second-order valence-corrected chi connectivity index (χ2v) is 8.26. The Labute approximate surface area is 132 Å². The van der Waals surface area contributed by atoms with Crippen LogP contribution in [0, 0.1) is 5.92 Å². The van der Waals surface area contributed by atoms with E-state index in [1.54, 1.807) is 13.2 Å². The molecule has 22 heavy (non-hydrogen) atoms. The molecule has 1 aliphatic carbocycles. The van der Waals surface area contributed by atoms with Crippen LogP contribution in [-0.2, 0) is 22.0 Å². The highest BCUT2D eigenvalue weighted by molar-refractivity contribution is 7.89. The predicted molar refractivity (Wildman–Crippen MR) is 86.5 cm³/mol. The first-order valence-electron chi connectivity index (χ1n) is 7.63. The van der Waals surface area contributed by atoms with Gasteiger partial charge in [-0.3, -0.25) is 0 Å². The van der Waals surface area contributed by atoms with Crippen molar-refractivity contribution in [2.75, 3.05) is 19.4 Å². The fraction of sp³-hybridized carbons (Fsp3) is 0.625. The number of rotatable bonds is 6. The Morgan fingerprint density at radius 3 is 2.77 bits per heavy atom. The highest BCUT2D eigenvalue weighted by atomic mass is 32.2. The van der Waals surface area contributed by atoms with Gasteiger partial charge in [0, 0.05) is 6.54 Å². The van der Waals surface area contributed by atoms with Gasteiger partial charge in [-0.1, -0.05) is 19.9 Å². The molecule has 5 nitrogen and oxygen atoms in total. The number of nitrogens with one attached hydrogen (secondary N) is 1. The van der Waals surface area contributed by atoms with Crippen molar-refractivity contribution in [1.82, 2.24) is 4.72 Å². The molecule has 2 N–H and O–H groups in total. The summed E-state index contributed by atoms with van der Waals surface area (Å²) in [6, 6.07) is 5.56. The van der Waals surface area contributed by atoms with Crippen molar-refractivity contribution in [3.05, 3.63) is 29.3 Å². The van der Waals surface area contributed by atoms with Gasteiger partial charge in [0.25, 0.3) is 0 Å². The SMILES string of the molecule is COc1ccc2c(c1)CCCC2(O)CNS(=O)(=O)CC(C)C. The first kappa shape index (κ1) is 17.2. The molecular weight excluding hydrogens is 302 g/mol. The summed E-state index contributed by atoms with van der Waals surface area (Å²) in [5, 5.41) is 10.9. The van der Waals surface area contributed by atoms with Crippen LogP contribution in [0.15, 0.2) is 18.2 Å². The number of hydrogen-bond donors (Lipinski definition) is 2. The van der Waals surface area contributed by atoms with Gasteiger partial charge in [-0.25, -0.2) is 13.1 Å². The molecule has 2 rings (SSSR count). The molecule has 1 aromatic carbocycles. The second kappa shape index (κ2) is 6.56. The summed E-state index contributed by atoms with van der Waals surface area (Å²) in [5.41, 5.74) is 0.673. The molecule has 124 valence electrons. The van der Waals surface area contributed by atoms with E-state index in [2.05, 4.69) is 4.72 Å². The third-order valence-electron chi connectivity index (χ3n) is 3.99. The summed E-state index contributed by atoms with van der Waals surface area (Å²) in [6.45, 7) is 3.73. The molecule has 0 amide bonds. The summed E-state index contributed by atoms with van der Waals surface area (Å²) in [4.78, 5) is 0. The van der Waals surface area contributed by atoms with E-state index in [1.165, 1.54) is 0 Å². The molecule has 0 saturated heterocycles. The molecule has 1 unspecified atom stereocenters. The largest absolute Gasteiger partial charge is 0.497 e. The molecule has 0 radical (unpaired) electrons. The molecule has 1 atom stereocenters. The van der Waals surface area contributed by atoms with Gasteiger partial charge in [0.1, 0.15) is 11.4 Å². The Kier molecular flexibility index (Phi) is 5.14. The Balaban J connectivity index is 2.18. The van der Waals surface area contributed by atoms with E-state index in [1.807, 2.05) is 26.0 Å². The van der Waals surface area contributed by atoms with E-state index in [0.29, 0.717) is 6.42 Å². The van der Waals surface area contributed by atoms with Crippen molar-refractivity contribution in [3.8, 4) is 5.75 Å². The van der Waals surface area contributed by atoms with Crippen molar-refractivity contribution >= 4 is 10.0 Å². The van der Waals surface area contributed by atoms with Crippen molar-refractivity contribution in [3.63, 3.8) is 0 Å². The number of aliphatic hydroxyl groups is 1. The van der Waals surface area contributed by atoms with Crippen LogP contribution in [0.2, 0.25) is 0 Å². The molecule has 0 spiro atoms. The van der Waals surface area contributed by atoms with Gasteiger partial charge in [-0.05, 0) is 48.4 Å². The van der Waals surface area contributed by atoms with Crippen LogP contribution >= 0.6 is 0 Å². The van der Waals surface area contributed by atoms with Gasteiger partial charge in [0.15, 0.2) is 0 Å². The number of methoxy groups -OCH3 is 1. The first-order valence-corrected chi connectivity index (χ1v) is 9.28. The van der Waals surface area contributed by atoms with Crippen molar-refractivity contribution in [2.24, 2.45) is 5.92 Å². The third kappa shape index (κ3) is 4.00. The Hall–Kier alpha value is -1.11. The average molecular weight is 327 g/mol. The van der Waals surface area contributed by atoms with Gasteiger partial charge in [-0.2, -0.15) is 0 Å². The first-order chi connectivity index (χ1) is 10.3. The van der Waals surface area contributed by atoms with Crippen molar-refractivity contribution < 1.29 is 18.3 Å². The number of ether oxygens (including phenoxy) is 1. The summed E-state index contributed by atoms with van der Waals surface area (Å²) in [5.74, 6) is 0.872. The molecular formula is C16H25NO4S. The smallest absolute Gasteiger partial charge is 0.211 e. The minimum atomic E-state index is -3.37. The van der Waals surface area contributed by atoms with Crippen LogP contribution in [0.4, 0.5) is 0 Å². The van der Waals surface area contributed by atoms with Crippen molar-refractivity contribution in [1.29, 1.82) is 0 Å². The summed E-state index contributed by atoms with van der Waals surface area (Å²) >= 11 is 0. The van der Waals surface area contributed by atoms with Crippen LogP contribution in [0.25, 0.3) is 0 Å². The van der Waals surface area contributed by atoms with Crippen LogP contribution < -0.4 is 9.46 Å². The van der Waals surface area contributed by atoms with Crippen LogP contribution in [0.5, 0.6) is 5.75 Å². The number of hydrogen-bond acceptors (Lipinski definition) is 4. The minimum Gasteiger partial charge on any atom is -0.497 e. The monoisotopic (exact) mass is 327 g/mol. The van der Waals surface area contributed by atoms with E-state index < -0.39 is 15.6 Å². The summed E-state index contributed by atoms with van der Waals surface area (Å²) in [7, 11) is -1.76. The van der Waals surface area contributed by atoms with Crippen LogP contribution in [0.3, 0.4) is 0 Å². The Bertz CT molecular complexity index is 627. The molecule has 0 saturated carbocycles. The molecule has 1 aromatic rings. The van der Waals surface area contributed by atoms with Crippen LogP contribution in [0.1, 0.15) is 37.8 Å². The standard InChI is InChI=1S/C16H25NO4S/c1-12(2)10-22(19,20)17-11-16(18)8-4-5-13-9-14(21-3)6-7-15(13)16/h6-7,9,12,17-18H,4-5,8,10-11H2,1-3H3. The van der Waals surface area contributed by atoms with Gasteiger partial charge < -0.3 is 9.84 Å². The molecule has 0 aliphatic heterocycles. The molecule has 0 heterocycles. The van der Waals surface area contributed by atoms with Gasteiger partial charge >= 0.3 is 0 Å². The van der Waals surface area contributed by atoms with Gasteiger partial charge in [0.05, 0.1) is 12.9 Å². The number of aryl methyl sites for hydroxylation is 1. The van der Waals surface area contributed by atoms with E-state index in [4.69, 9.17) is 4.74 Å². The number of sulfonamides is 1. The van der Waals surface area contributed by atoms with Crippen LogP contribution in [-0.4, -0.2) is 32.9 Å². The molecule has 0 bridgehead atoms. The molecule has 6 heteroatoms. The maximum Gasteiger partial charge on any atom is 0.211 e. The lowest BCUT2D eigenvalue weighted by atomic mass is 9.79. The Morgan fingerprint density at radius 2 is 2.14 bits per heavy atom. The molecule has 0 fully saturated rings. The predicted octanol–water partition coefficient (Wildman–Crippen LogP) is 1.79. The molecule has 0 aromatic heterocycles. The fourth-order valence-electron chi connectivity index (χ4n) is 2.97. The van der Waals surface area contributed by atoms with E-state index >= 15 is 0 Å². The normalized spacial score (nSPS) is 21.7. The summed E-state index contributed by atoms with van der Waals surface area (Å²) < 4.78 is 31.8. The maximum absolute atomic E-state index is 12.0. The summed E-state index contributed by atoms with van der Waals surface area (Å²) in [6.07, 6.45) is 2.24. The average Bonchev–Trinajstić information content (AvgIpc) is 2.44.